The van der Waals surface area contributed by atoms with E-state index in [0.717, 1.165) is 5.92 Å². The first-order valence-corrected chi connectivity index (χ1v) is 5.47. The van der Waals surface area contributed by atoms with Crippen LogP contribution in [0, 0.1) is 5.92 Å². The third-order valence-corrected chi connectivity index (χ3v) is 2.60. The van der Waals surface area contributed by atoms with Gasteiger partial charge < -0.3 is 11.2 Å². The van der Waals surface area contributed by atoms with Gasteiger partial charge in [0.15, 0.2) is 0 Å². The second-order valence-corrected chi connectivity index (χ2v) is 3.90. The van der Waals surface area contributed by atoms with Crippen molar-refractivity contribution in [3.8, 4) is 0 Å². The van der Waals surface area contributed by atoms with E-state index in [-0.39, 0.29) is 5.48 Å². The molecular weight excluding hydrogens is 162 g/mol. The molecule has 2 nitrogen and oxygen atoms in total. The van der Waals surface area contributed by atoms with Crippen molar-refractivity contribution in [3.63, 3.8) is 0 Å². The summed E-state index contributed by atoms with van der Waals surface area (Å²) >= 11 is 0. The van der Waals surface area contributed by atoms with Crippen molar-refractivity contribution in [1.82, 2.24) is 0 Å². The van der Waals surface area contributed by atoms with Crippen LogP contribution in [0.3, 0.4) is 0 Å². The smallest absolute Gasteiger partial charge is 0.00387 e. The van der Waals surface area contributed by atoms with E-state index in [0.29, 0.717) is 6.04 Å². The Kier molecular flexibility index (Phi) is 11.8. The van der Waals surface area contributed by atoms with Crippen molar-refractivity contribution < 1.29 is 5.48 Å². The molecule has 1 atom stereocenters. The highest BCUT2D eigenvalue weighted by atomic mass is 16.0. The molecule has 0 spiro atoms. The number of unbranched alkanes of at least 4 members (excludes halogenated alkanes) is 2. The first-order valence-electron chi connectivity index (χ1n) is 5.47. The van der Waals surface area contributed by atoms with Crippen LogP contribution in [0.5, 0.6) is 0 Å². The first kappa shape index (κ1) is 15.4. The molecule has 2 heteroatoms. The second kappa shape index (κ2) is 10.0. The summed E-state index contributed by atoms with van der Waals surface area (Å²) in [6, 6.07) is 0.392. The van der Waals surface area contributed by atoms with Crippen molar-refractivity contribution in [2.24, 2.45) is 11.7 Å². The van der Waals surface area contributed by atoms with Gasteiger partial charge in [0.25, 0.3) is 0 Å². The normalized spacial score (nSPS) is 12.7. The molecule has 0 amide bonds. The largest absolute Gasteiger partial charge is 0.412 e. The van der Waals surface area contributed by atoms with Crippen LogP contribution in [0.25, 0.3) is 0 Å². The number of nitrogens with two attached hydrogens (primary N) is 1. The lowest BCUT2D eigenvalue weighted by atomic mass is 9.90. The van der Waals surface area contributed by atoms with E-state index >= 15 is 0 Å². The zero-order valence-electron chi connectivity index (χ0n) is 9.47. The topological polar surface area (TPSA) is 57.5 Å². The molecular formula is C11H27NO. The number of hydrogen-bond acceptors (Lipinski definition) is 1. The highest BCUT2D eigenvalue weighted by molar-refractivity contribution is 4.68. The molecule has 0 heterocycles. The van der Waals surface area contributed by atoms with Gasteiger partial charge in [-0.15, -0.1) is 0 Å². The molecule has 4 N–H and O–H groups in total. The van der Waals surface area contributed by atoms with Crippen molar-refractivity contribution in [3.05, 3.63) is 0 Å². The highest BCUT2D eigenvalue weighted by Gasteiger charge is 2.11. The fraction of sp³-hybridized carbons (Fsp3) is 1.00. The second-order valence-electron chi connectivity index (χ2n) is 3.90. The molecule has 0 aromatic carbocycles. The fourth-order valence-electron chi connectivity index (χ4n) is 1.60. The van der Waals surface area contributed by atoms with E-state index in [1.54, 1.807) is 0 Å². The monoisotopic (exact) mass is 189 g/mol. The maximum absolute atomic E-state index is 5.92. The van der Waals surface area contributed by atoms with Gasteiger partial charge in [0, 0.05) is 6.04 Å². The summed E-state index contributed by atoms with van der Waals surface area (Å²) in [4.78, 5) is 0. The molecule has 0 aliphatic carbocycles. The molecule has 0 bridgehead atoms. The molecule has 0 rings (SSSR count). The maximum Gasteiger partial charge on any atom is 0.00387 e. The Morgan fingerprint density at radius 2 is 1.38 bits per heavy atom. The van der Waals surface area contributed by atoms with E-state index in [1.807, 2.05) is 0 Å². The van der Waals surface area contributed by atoms with Gasteiger partial charge in [0.05, 0.1) is 0 Å². The van der Waals surface area contributed by atoms with Gasteiger partial charge in [-0.1, -0.05) is 39.5 Å². The van der Waals surface area contributed by atoms with Crippen LogP contribution in [0.15, 0.2) is 0 Å². The minimum absolute atomic E-state index is 0. The zero-order chi connectivity index (χ0) is 9.40. The average Bonchev–Trinajstić information content (AvgIpc) is 2.04. The minimum Gasteiger partial charge on any atom is -0.412 e. The Balaban J connectivity index is 0. The summed E-state index contributed by atoms with van der Waals surface area (Å²) in [6.45, 7) is 6.64. The van der Waals surface area contributed by atoms with Gasteiger partial charge in [0.1, 0.15) is 0 Å². The van der Waals surface area contributed by atoms with E-state index in [2.05, 4.69) is 20.8 Å². The summed E-state index contributed by atoms with van der Waals surface area (Å²) in [5.74, 6) is 0.768. The minimum atomic E-state index is 0. The van der Waals surface area contributed by atoms with E-state index < -0.39 is 0 Å². The van der Waals surface area contributed by atoms with Crippen LogP contribution in [0.2, 0.25) is 0 Å². The summed E-state index contributed by atoms with van der Waals surface area (Å²) in [6.07, 6.45) is 7.94. The lowest BCUT2D eigenvalue weighted by Gasteiger charge is -2.19. The van der Waals surface area contributed by atoms with Gasteiger partial charge >= 0.3 is 0 Å². The summed E-state index contributed by atoms with van der Waals surface area (Å²) in [5.41, 5.74) is 5.92. The summed E-state index contributed by atoms with van der Waals surface area (Å²) in [5, 5.41) is 0. The lowest BCUT2D eigenvalue weighted by molar-refractivity contribution is 0.365. The number of hydrogen-bond donors (Lipinski definition) is 1. The van der Waals surface area contributed by atoms with Gasteiger partial charge in [-0.2, -0.15) is 0 Å². The van der Waals surface area contributed by atoms with Crippen LogP contribution in [-0.2, 0) is 0 Å². The van der Waals surface area contributed by atoms with Gasteiger partial charge in [0.2, 0.25) is 0 Å². The molecule has 0 fully saturated rings. The highest BCUT2D eigenvalue weighted by Crippen LogP contribution is 2.18. The average molecular weight is 189 g/mol. The van der Waals surface area contributed by atoms with Crippen molar-refractivity contribution in [2.45, 2.75) is 65.3 Å². The maximum atomic E-state index is 5.92. The Labute approximate surface area is 83.2 Å². The molecule has 0 radical (unpaired) electrons. The molecule has 0 saturated carbocycles. The Hall–Kier alpha value is -0.0800. The first-order chi connectivity index (χ1) is 5.72. The third kappa shape index (κ3) is 8.26. The molecule has 1 unspecified atom stereocenters. The summed E-state index contributed by atoms with van der Waals surface area (Å²) < 4.78 is 0. The number of rotatable bonds is 7. The summed E-state index contributed by atoms with van der Waals surface area (Å²) in [7, 11) is 0. The quantitative estimate of drug-likeness (QED) is 0.657. The van der Waals surface area contributed by atoms with Gasteiger partial charge in [-0.05, 0) is 25.7 Å². The lowest BCUT2D eigenvalue weighted by Crippen LogP contribution is -2.26. The van der Waals surface area contributed by atoms with Crippen molar-refractivity contribution in [2.75, 3.05) is 0 Å². The molecule has 82 valence electrons. The molecule has 0 saturated heterocycles. The molecule has 13 heavy (non-hydrogen) atoms. The van der Waals surface area contributed by atoms with Crippen LogP contribution < -0.4 is 5.73 Å². The van der Waals surface area contributed by atoms with Crippen LogP contribution in [-0.4, -0.2) is 11.5 Å². The Bertz CT molecular complexity index is 86.1. The Morgan fingerprint density at radius 3 is 1.62 bits per heavy atom. The van der Waals surface area contributed by atoms with Crippen LogP contribution >= 0.6 is 0 Å². The standard InChI is InChI=1S/C11H25N.H2O/c1-4-6-8-11(10(3)12)9-7-5-2;/h10-11H,4-9,12H2,1-3H3;1H2. The SMILES string of the molecule is CCCCC(CCCC)C(C)N.O. The van der Waals surface area contributed by atoms with E-state index in [9.17, 15) is 0 Å². The van der Waals surface area contributed by atoms with Crippen LogP contribution in [0.4, 0.5) is 0 Å². The molecule has 0 aliphatic heterocycles. The van der Waals surface area contributed by atoms with E-state index in [4.69, 9.17) is 5.73 Å². The van der Waals surface area contributed by atoms with Crippen molar-refractivity contribution in [1.29, 1.82) is 0 Å². The zero-order valence-corrected chi connectivity index (χ0v) is 9.47. The van der Waals surface area contributed by atoms with Gasteiger partial charge in [-0.3, -0.25) is 0 Å². The van der Waals surface area contributed by atoms with E-state index in [1.165, 1.54) is 38.5 Å². The van der Waals surface area contributed by atoms with Crippen LogP contribution in [0.1, 0.15) is 59.3 Å². The predicted octanol–water partition coefficient (Wildman–Crippen LogP) is 2.51. The Morgan fingerprint density at radius 1 is 1.00 bits per heavy atom. The molecule has 0 aromatic rings. The van der Waals surface area contributed by atoms with Crippen molar-refractivity contribution >= 4 is 0 Å². The predicted molar refractivity (Wildman–Crippen MR) is 59.8 cm³/mol. The fourth-order valence-corrected chi connectivity index (χ4v) is 1.60. The molecule has 0 aliphatic rings. The van der Waals surface area contributed by atoms with Gasteiger partial charge in [-0.25, -0.2) is 0 Å². The third-order valence-electron chi connectivity index (χ3n) is 2.60. The molecule has 0 aromatic heterocycles.